The van der Waals surface area contributed by atoms with Crippen molar-refractivity contribution >= 4 is 17.3 Å². The Morgan fingerprint density at radius 1 is 1.53 bits per heavy atom. The van der Waals surface area contributed by atoms with Crippen LogP contribution in [-0.4, -0.2) is 21.3 Å². The van der Waals surface area contributed by atoms with Crippen LogP contribution in [0, 0.1) is 5.92 Å². The van der Waals surface area contributed by atoms with Crippen LogP contribution < -0.4 is 0 Å². The number of hydrogen-bond donors (Lipinski definition) is 1. The number of aryl methyl sites for hydroxylation is 1. The average molecular weight is 280 g/mol. The van der Waals surface area contributed by atoms with Gasteiger partial charge in [0.25, 0.3) is 5.89 Å². The fourth-order valence-electron chi connectivity index (χ4n) is 1.90. The van der Waals surface area contributed by atoms with E-state index in [0.29, 0.717) is 18.2 Å². The molecule has 0 saturated heterocycles. The third-order valence-corrected chi connectivity index (χ3v) is 3.78. The van der Waals surface area contributed by atoms with E-state index in [1.165, 1.54) is 5.56 Å². The standard InChI is InChI=1S/C13H16N2O3S/c1-3-9-4-5-19-12(9)13-15-14-10(18-13)6-8(2)7-11(16)17/h4-5,8H,3,6-7H2,1-2H3,(H,16,17). The fraction of sp³-hybridized carbons (Fsp3) is 0.462. The quantitative estimate of drug-likeness (QED) is 0.880. The summed E-state index contributed by atoms with van der Waals surface area (Å²) in [4.78, 5) is 11.6. The van der Waals surface area contributed by atoms with Crippen molar-refractivity contribution in [3.8, 4) is 10.8 Å². The first-order chi connectivity index (χ1) is 9.10. The molecule has 2 heterocycles. The lowest BCUT2D eigenvalue weighted by Gasteiger charge is -2.03. The molecule has 2 rings (SSSR count). The molecule has 1 unspecified atom stereocenters. The van der Waals surface area contributed by atoms with Crippen molar-refractivity contribution in [1.29, 1.82) is 0 Å². The molecule has 0 aliphatic rings. The summed E-state index contributed by atoms with van der Waals surface area (Å²) in [6.45, 7) is 3.94. The van der Waals surface area contributed by atoms with Crippen molar-refractivity contribution in [3.05, 3.63) is 22.9 Å². The maximum atomic E-state index is 10.6. The van der Waals surface area contributed by atoms with E-state index in [0.717, 1.165) is 11.3 Å². The summed E-state index contributed by atoms with van der Waals surface area (Å²) >= 11 is 1.58. The van der Waals surface area contributed by atoms with E-state index in [1.54, 1.807) is 11.3 Å². The normalized spacial score (nSPS) is 12.5. The van der Waals surface area contributed by atoms with Crippen LogP contribution in [0.5, 0.6) is 0 Å². The number of aromatic nitrogens is 2. The molecule has 0 saturated carbocycles. The number of rotatable bonds is 6. The minimum atomic E-state index is -0.807. The summed E-state index contributed by atoms with van der Waals surface area (Å²) in [6.07, 6.45) is 1.52. The zero-order valence-corrected chi connectivity index (χ0v) is 11.7. The van der Waals surface area contributed by atoms with Crippen LogP contribution in [0.15, 0.2) is 15.9 Å². The van der Waals surface area contributed by atoms with Gasteiger partial charge >= 0.3 is 5.97 Å². The SMILES string of the molecule is CCc1ccsc1-c1nnc(CC(C)CC(=O)O)o1. The molecule has 2 aromatic heterocycles. The second kappa shape index (κ2) is 5.97. The third kappa shape index (κ3) is 3.41. The van der Waals surface area contributed by atoms with Gasteiger partial charge in [-0.3, -0.25) is 4.79 Å². The van der Waals surface area contributed by atoms with Crippen molar-refractivity contribution in [2.75, 3.05) is 0 Å². The molecular formula is C13H16N2O3S. The summed E-state index contributed by atoms with van der Waals surface area (Å²) in [5.41, 5.74) is 1.19. The third-order valence-electron chi connectivity index (χ3n) is 2.83. The maximum Gasteiger partial charge on any atom is 0.303 e. The van der Waals surface area contributed by atoms with Crippen LogP contribution in [0.25, 0.3) is 10.8 Å². The van der Waals surface area contributed by atoms with E-state index in [1.807, 2.05) is 12.3 Å². The molecule has 19 heavy (non-hydrogen) atoms. The molecule has 0 aromatic carbocycles. The molecule has 0 fully saturated rings. The maximum absolute atomic E-state index is 10.6. The van der Waals surface area contributed by atoms with Gasteiger partial charge in [0.05, 0.1) is 4.88 Å². The molecule has 0 amide bonds. The highest BCUT2D eigenvalue weighted by molar-refractivity contribution is 7.13. The fourth-order valence-corrected chi connectivity index (χ4v) is 2.81. The smallest absolute Gasteiger partial charge is 0.303 e. The van der Waals surface area contributed by atoms with Gasteiger partial charge in [0, 0.05) is 12.8 Å². The van der Waals surface area contributed by atoms with Crippen LogP contribution >= 0.6 is 11.3 Å². The predicted octanol–water partition coefficient (Wildman–Crippen LogP) is 3.01. The first kappa shape index (κ1) is 13.7. The monoisotopic (exact) mass is 280 g/mol. The van der Waals surface area contributed by atoms with E-state index in [9.17, 15) is 4.79 Å². The number of carboxylic acid groups (broad SMARTS) is 1. The first-order valence-electron chi connectivity index (χ1n) is 6.21. The molecule has 0 bridgehead atoms. The Bertz CT molecular complexity index is 562. The lowest BCUT2D eigenvalue weighted by atomic mass is 10.0. The molecule has 5 nitrogen and oxygen atoms in total. The molecule has 0 radical (unpaired) electrons. The van der Waals surface area contributed by atoms with Gasteiger partial charge in [0.1, 0.15) is 0 Å². The second-order valence-electron chi connectivity index (χ2n) is 4.54. The Kier molecular flexibility index (Phi) is 4.31. The number of nitrogens with zero attached hydrogens (tertiary/aromatic N) is 2. The van der Waals surface area contributed by atoms with Crippen molar-refractivity contribution in [1.82, 2.24) is 10.2 Å². The van der Waals surface area contributed by atoms with Crippen LogP contribution in [0.4, 0.5) is 0 Å². The molecule has 1 atom stereocenters. The number of carbonyl (C=O) groups is 1. The Morgan fingerprint density at radius 2 is 2.32 bits per heavy atom. The summed E-state index contributed by atoms with van der Waals surface area (Å²) in [5.74, 6) is 0.210. The van der Waals surface area contributed by atoms with Crippen LogP contribution in [0.1, 0.15) is 31.7 Å². The summed E-state index contributed by atoms with van der Waals surface area (Å²) in [7, 11) is 0. The van der Waals surface area contributed by atoms with E-state index >= 15 is 0 Å². The molecule has 1 N–H and O–H groups in total. The lowest BCUT2D eigenvalue weighted by molar-refractivity contribution is -0.137. The van der Waals surface area contributed by atoms with Crippen LogP contribution in [0.2, 0.25) is 0 Å². The van der Waals surface area contributed by atoms with Gasteiger partial charge < -0.3 is 9.52 Å². The zero-order valence-electron chi connectivity index (χ0n) is 10.9. The van der Waals surface area contributed by atoms with Gasteiger partial charge in [-0.1, -0.05) is 13.8 Å². The number of hydrogen-bond acceptors (Lipinski definition) is 5. The number of aliphatic carboxylic acids is 1. The highest BCUT2D eigenvalue weighted by Crippen LogP contribution is 2.29. The molecule has 6 heteroatoms. The van der Waals surface area contributed by atoms with Crippen molar-refractivity contribution in [3.63, 3.8) is 0 Å². The van der Waals surface area contributed by atoms with Crippen LogP contribution in [-0.2, 0) is 17.6 Å². The Balaban J connectivity index is 2.09. The molecule has 102 valence electrons. The highest BCUT2D eigenvalue weighted by Gasteiger charge is 2.16. The van der Waals surface area contributed by atoms with Gasteiger partial charge in [0.2, 0.25) is 5.89 Å². The van der Waals surface area contributed by atoms with Crippen molar-refractivity contribution < 1.29 is 14.3 Å². The Hall–Kier alpha value is -1.69. The summed E-state index contributed by atoms with van der Waals surface area (Å²) in [6, 6.07) is 2.05. The van der Waals surface area contributed by atoms with Crippen molar-refractivity contribution in [2.45, 2.75) is 33.1 Å². The van der Waals surface area contributed by atoms with Crippen molar-refractivity contribution in [2.24, 2.45) is 5.92 Å². The minimum Gasteiger partial charge on any atom is -0.481 e. The first-order valence-corrected chi connectivity index (χ1v) is 7.09. The molecule has 0 spiro atoms. The highest BCUT2D eigenvalue weighted by atomic mass is 32.1. The minimum absolute atomic E-state index is 0.0141. The molecule has 0 aliphatic heterocycles. The van der Waals surface area contributed by atoms with E-state index < -0.39 is 5.97 Å². The van der Waals surface area contributed by atoms with Gasteiger partial charge in [-0.2, -0.15) is 0 Å². The zero-order chi connectivity index (χ0) is 13.8. The number of thiophene rings is 1. The van der Waals surface area contributed by atoms with E-state index in [-0.39, 0.29) is 12.3 Å². The topological polar surface area (TPSA) is 76.2 Å². The van der Waals surface area contributed by atoms with Crippen LogP contribution in [0.3, 0.4) is 0 Å². The second-order valence-corrected chi connectivity index (χ2v) is 5.45. The van der Waals surface area contributed by atoms with Gasteiger partial charge in [-0.05, 0) is 29.3 Å². The Morgan fingerprint density at radius 3 is 3.00 bits per heavy atom. The Labute approximate surface area is 115 Å². The van der Waals surface area contributed by atoms with E-state index in [2.05, 4.69) is 23.2 Å². The molecule has 2 aromatic rings. The summed E-state index contributed by atoms with van der Waals surface area (Å²) < 4.78 is 5.62. The predicted molar refractivity (Wildman–Crippen MR) is 72.1 cm³/mol. The molecular weight excluding hydrogens is 264 g/mol. The number of carboxylic acids is 1. The van der Waals surface area contributed by atoms with Gasteiger partial charge in [-0.15, -0.1) is 21.5 Å². The molecule has 0 aliphatic carbocycles. The largest absolute Gasteiger partial charge is 0.481 e. The average Bonchev–Trinajstić information content (AvgIpc) is 2.94. The van der Waals surface area contributed by atoms with Gasteiger partial charge in [0.15, 0.2) is 0 Å². The summed E-state index contributed by atoms with van der Waals surface area (Å²) in [5, 5.41) is 18.8. The van der Waals surface area contributed by atoms with E-state index in [4.69, 9.17) is 9.52 Å². The van der Waals surface area contributed by atoms with Gasteiger partial charge in [-0.25, -0.2) is 0 Å². The lowest BCUT2D eigenvalue weighted by Crippen LogP contribution is -2.07.